The van der Waals surface area contributed by atoms with Crippen molar-refractivity contribution in [3.63, 3.8) is 0 Å². The zero-order valence-electron chi connectivity index (χ0n) is 10.1. The van der Waals surface area contributed by atoms with E-state index in [1.807, 2.05) is 13.0 Å². The Bertz CT molecular complexity index is 640. The normalized spacial score (nSPS) is 11.0. The summed E-state index contributed by atoms with van der Waals surface area (Å²) in [5.74, 6) is 0.753. The third-order valence-electron chi connectivity index (χ3n) is 2.65. The molecule has 2 heterocycles. The van der Waals surface area contributed by atoms with Crippen LogP contribution in [0.3, 0.4) is 0 Å². The van der Waals surface area contributed by atoms with Crippen molar-refractivity contribution < 1.29 is 4.79 Å². The lowest BCUT2D eigenvalue weighted by Crippen LogP contribution is -2.24. The molecule has 0 N–H and O–H groups in total. The van der Waals surface area contributed by atoms with E-state index in [1.165, 1.54) is 18.3 Å². The maximum atomic E-state index is 12.2. The Kier molecular flexibility index (Phi) is 3.11. The second-order valence-corrected chi connectivity index (χ2v) is 5.38. The molecule has 17 heavy (non-hydrogen) atoms. The first-order valence-corrected chi connectivity index (χ1v) is 6.27. The minimum atomic E-state index is -0.0434. The van der Waals surface area contributed by atoms with Gasteiger partial charge in [-0.25, -0.2) is 4.98 Å². The van der Waals surface area contributed by atoms with Crippen LogP contribution in [-0.2, 0) is 11.3 Å². The van der Waals surface area contributed by atoms with E-state index in [4.69, 9.17) is 0 Å². The number of rotatable bonds is 3. The van der Waals surface area contributed by atoms with E-state index in [9.17, 15) is 9.59 Å². The topological polar surface area (TPSA) is 52.0 Å². The number of fused-ring (bicyclic) bond motifs is 1. The van der Waals surface area contributed by atoms with Gasteiger partial charge in [0.05, 0.1) is 5.39 Å². The Morgan fingerprint density at radius 3 is 2.82 bits per heavy atom. The smallest absolute Gasteiger partial charge is 0.262 e. The number of nitrogens with zero attached hydrogens (tertiary/aromatic N) is 2. The van der Waals surface area contributed by atoms with E-state index in [1.54, 1.807) is 11.5 Å². The fourth-order valence-electron chi connectivity index (χ4n) is 1.77. The van der Waals surface area contributed by atoms with Gasteiger partial charge in [0.15, 0.2) is 0 Å². The molecular weight excluding hydrogens is 236 g/mol. The number of carbonyl (C=O) groups is 1. The molecule has 0 fully saturated rings. The van der Waals surface area contributed by atoms with Crippen molar-refractivity contribution in [2.75, 3.05) is 0 Å². The lowest BCUT2D eigenvalue weighted by Gasteiger charge is -2.07. The van der Waals surface area contributed by atoms with E-state index in [0.29, 0.717) is 24.2 Å². The molecule has 4 nitrogen and oxygen atoms in total. The molecule has 0 unspecified atom stereocenters. The summed E-state index contributed by atoms with van der Waals surface area (Å²) in [4.78, 5) is 29.4. The summed E-state index contributed by atoms with van der Waals surface area (Å²) in [7, 11) is 0. The zero-order valence-corrected chi connectivity index (χ0v) is 10.9. The molecule has 0 aliphatic carbocycles. The van der Waals surface area contributed by atoms with Gasteiger partial charge in [0.25, 0.3) is 5.56 Å². The number of aromatic nitrogens is 2. The molecule has 0 spiro atoms. The summed E-state index contributed by atoms with van der Waals surface area (Å²) in [5.41, 5.74) is -0.0434. The van der Waals surface area contributed by atoms with Crippen LogP contribution in [0.5, 0.6) is 0 Å². The zero-order chi connectivity index (χ0) is 12.6. The SMILES string of the molecule is CC(=O)CCn1c(C)nc2sc(C)cc2c1=O. The summed E-state index contributed by atoms with van der Waals surface area (Å²) in [6, 6.07) is 1.86. The third-order valence-corrected chi connectivity index (χ3v) is 3.60. The predicted octanol–water partition coefficient (Wildman–Crippen LogP) is 2.05. The molecule has 0 atom stereocenters. The van der Waals surface area contributed by atoms with E-state index < -0.39 is 0 Å². The van der Waals surface area contributed by atoms with Crippen molar-refractivity contribution >= 4 is 27.3 Å². The van der Waals surface area contributed by atoms with Gasteiger partial charge in [-0.2, -0.15) is 0 Å². The van der Waals surface area contributed by atoms with Crippen LogP contribution in [0.25, 0.3) is 10.2 Å². The fourth-order valence-corrected chi connectivity index (χ4v) is 2.69. The fraction of sp³-hybridized carbons (Fsp3) is 0.417. The monoisotopic (exact) mass is 250 g/mol. The standard InChI is InChI=1S/C12H14N2O2S/c1-7(15)4-5-14-9(3)13-11-10(12(14)16)6-8(2)17-11/h6H,4-5H2,1-3H3. The van der Waals surface area contributed by atoms with Gasteiger partial charge in [-0.3, -0.25) is 14.2 Å². The average Bonchev–Trinajstić information content (AvgIpc) is 2.58. The van der Waals surface area contributed by atoms with Gasteiger partial charge in [0.1, 0.15) is 16.4 Å². The number of aryl methyl sites for hydroxylation is 2. The highest BCUT2D eigenvalue weighted by molar-refractivity contribution is 7.18. The first-order chi connectivity index (χ1) is 7.99. The Hall–Kier alpha value is -1.49. The van der Waals surface area contributed by atoms with Crippen LogP contribution in [-0.4, -0.2) is 15.3 Å². The molecule has 0 aliphatic rings. The molecule has 5 heteroatoms. The maximum absolute atomic E-state index is 12.2. The predicted molar refractivity (Wildman–Crippen MR) is 68.7 cm³/mol. The number of thiophene rings is 1. The molecule has 2 aromatic rings. The third kappa shape index (κ3) is 2.29. The van der Waals surface area contributed by atoms with Gasteiger partial charge in [-0.15, -0.1) is 11.3 Å². The molecule has 2 rings (SSSR count). The van der Waals surface area contributed by atoms with Crippen LogP contribution < -0.4 is 5.56 Å². The van der Waals surface area contributed by atoms with Crippen molar-refractivity contribution in [3.05, 3.63) is 27.1 Å². The van der Waals surface area contributed by atoms with Crippen LogP contribution in [0.4, 0.5) is 0 Å². The highest BCUT2D eigenvalue weighted by atomic mass is 32.1. The summed E-state index contributed by atoms with van der Waals surface area (Å²) in [6.45, 7) is 5.70. The lowest BCUT2D eigenvalue weighted by atomic mass is 10.3. The Morgan fingerprint density at radius 2 is 2.18 bits per heavy atom. The average molecular weight is 250 g/mol. The number of ketones is 1. The maximum Gasteiger partial charge on any atom is 0.262 e. The summed E-state index contributed by atoms with van der Waals surface area (Å²) in [5, 5.41) is 0.654. The van der Waals surface area contributed by atoms with Gasteiger partial charge in [-0.05, 0) is 26.8 Å². The molecule has 0 aromatic carbocycles. The Balaban J connectivity index is 2.55. The second kappa shape index (κ2) is 4.41. The largest absolute Gasteiger partial charge is 0.300 e. The lowest BCUT2D eigenvalue weighted by molar-refractivity contribution is -0.117. The van der Waals surface area contributed by atoms with Crippen LogP contribution in [0.1, 0.15) is 24.0 Å². The van der Waals surface area contributed by atoms with Crippen molar-refractivity contribution in [3.8, 4) is 0 Å². The minimum absolute atomic E-state index is 0.0434. The van der Waals surface area contributed by atoms with Crippen molar-refractivity contribution in [1.29, 1.82) is 0 Å². The second-order valence-electron chi connectivity index (χ2n) is 4.14. The number of Topliss-reactive ketones (excluding diaryl/α,β-unsaturated/α-hetero) is 1. The molecule has 2 aromatic heterocycles. The van der Waals surface area contributed by atoms with E-state index in [-0.39, 0.29) is 11.3 Å². The molecule has 0 saturated carbocycles. The number of carbonyl (C=O) groups excluding carboxylic acids is 1. The highest BCUT2D eigenvalue weighted by Crippen LogP contribution is 2.20. The molecular formula is C12H14N2O2S. The number of hydrogen-bond donors (Lipinski definition) is 0. The van der Waals surface area contributed by atoms with Gasteiger partial charge < -0.3 is 0 Å². The highest BCUT2D eigenvalue weighted by Gasteiger charge is 2.10. The molecule has 0 amide bonds. The van der Waals surface area contributed by atoms with Crippen molar-refractivity contribution in [2.24, 2.45) is 0 Å². The molecule has 0 aliphatic heterocycles. The van der Waals surface area contributed by atoms with Crippen molar-refractivity contribution in [1.82, 2.24) is 9.55 Å². The van der Waals surface area contributed by atoms with Crippen LogP contribution in [0, 0.1) is 13.8 Å². The van der Waals surface area contributed by atoms with Crippen LogP contribution >= 0.6 is 11.3 Å². The van der Waals surface area contributed by atoms with Gasteiger partial charge in [-0.1, -0.05) is 0 Å². The summed E-state index contributed by atoms with van der Waals surface area (Å²) < 4.78 is 1.58. The van der Waals surface area contributed by atoms with Crippen LogP contribution in [0.15, 0.2) is 10.9 Å². The van der Waals surface area contributed by atoms with E-state index in [0.717, 1.165) is 9.71 Å². The van der Waals surface area contributed by atoms with E-state index in [2.05, 4.69) is 4.98 Å². The Morgan fingerprint density at radius 1 is 1.47 bits per heavy atom. The van der Waals surface area contributed by atoms with Gasteiger partial charge in [0, 0.05) is 17.8 Å². The first kappa shape index (κ1) is 12.0. The summed E-state index contributed by atoms with van der Waals surface area (Å²) in [6.07, 6.45) is 0.372. The first-order valence-electron chi connectivity index (χ1n) is 5.46. The van der Waals surface area contributed by atoms with Crippen molar-refractivity contribution in [2.45, 2.75) is 33.7 Å². The quantitative estimate of drug-likeness (QED) is 0.837. The van der Waals surface area contributed by atoms with Gasteiger partial charge in [0.2, 0.25) is 0 Å². The Labute approximate surface area is 103 Å². The molecule has 0 bridgehead atoms. The van der Waals surface area contributed by atoms with Gasteiger partial charge >= 0.3 is 0 Å². The summed E-state index contributed by atoms with van der Waals surface area (Å²) >= 11 is 1.52. The number of hydrogen-bond acceptors (Lipinski definition) is 4. The molecule has 0 radical (unpaired) electrons. The molecule has 0 saturated heterocycles. The van der Waals surface area contributed by atoms with E-state index >= 15 is 0 Å². The minimum Gasteiger partial charge on any atom is -0.300 e. The molecule has 90 valence electrons. The van der Waals surface area contributed by atoms with Crippen LogP contribution in [0.2, 0.25) is 0 Å².